The van der Waals surface area contributed by atoms with Crippen molar-refractivity contribution >= 4 is 27.5 Å². The second-order valence-corrected chi connectivity index (χ2v) is 11.5. The number of halogens is 1. The summed E-state index contributed by atoms with van der Waals surface area (Å²) >= 11 is 0. The minimum atomic E-state index is -4.19. The quantitative estimate of drug-likeness (QED) is 0.321. The largest absolute Gasteiger partial charge is 0.354 e. The number of carbonyl (C=O) groups excluding carboxylic acids is 2. The van der Waals surface area contributed by atoms with Crippen molar-refractivity contribution in [3.8, 4) is 0 Å². The number of anilines is 1. The van der Waals surface area contributed by atoms with Crippen molar-refractivity contribution in [1.82, 2.24) is 10.2 Å². The van der Waals surface area contributed by atoms with Gasteiger partial charge in [-0.2, -0.15) is 0 Å². The molecule has 1 unspecified atom stereocenters. The lowest BCUT2D eigenvalue weighted by Gasteiger charge is -2.32. The molecule has 0 fully saturated rings. The fourth-order valence-corrected chi connectivity index (χ4v) is 5.51. The number of hydrogen-bond donors (Lipinski definition) is 1. The fourth-order valence-electron chi connectivity index (χ4n) is 4.10. The van der Waals surface area contributed by atoms with Crippen LogP contribution >= 0.6 is 0 Å². The summed E-state index contributed by atoms with van der Waals surface area (Å²) in [7, 11) is -4.19. The minimum Gasteiger partial charge on any atom is -0.354 e. The van der Waals surface area contributed by atoms with Crippen LogP contribution in [0, 0.1) is 19.7 Å². The van der Waals surface area contributed by atoms with Crippen molar-refractivity contribution in [1.29, 1.82) is 0 Å². The van der Waals surface area contributed by atoms with Crippen LogP contribution in [0.4, 0.5) is 10.1 Å². The Morgan fingerprint density at radius 1 is 0.949 bits per heavy atom. The maximum atomic E-state index is 13.9. The third-order valence-electron chi connectivity index (χ3n) is 6.43. The molecule has 208 valence electrons. The summed E-state index contributed by atoms with van der Waals surface area (Å²) in [5, 5.41) is 2.86. The van der Waals surface area contributed by atoms with Crippen LogP contribution in [0.2, 0.25) is 0 Å². The fraction of sp³-hybridized carbons (Fsp3) is 0.333. The smallest absolute Gasteiger partial charge is 0.264 e. The summed E-state index contributed by atoms with van der Waals surface area (Å²) in [4.78, 5) is 28.2. The highest BCUT2D eigenvalue weighted by atomic mass is 32.2. The molecule has 0 saturated carbocycles. The lowest BCUT2D eigenvalue weighted by atomic mass is 10.1. The van der Waals surface area contributed by atoms with Gasteiger partial charge in [-0.3, -0.25) is 13.9 Å². The van der Waals surface area contributed by atoms with Crippen molar-refractivity contribution in [2.75, 3.05) is 17.4 Å². The van der Waals surface area contributed by atoms with Crippen molar-refractivity contribution < 1.29 is 22.4 Å². The van der Waals surface area contributed by atoms with Crippen LogP contribution in [0.1, 0.15) is 43.4 Å². The van der Waals surface area contributed by atoms with Crippen LogP contribution in [0.5, 0.6) is 0 Å². The van der Waals surface area contributed by atoms with Crippen LogP contribution in [0.25, 0.3) is 0 Å². The Kier molecular flexibility index (Phi) is 10.2. The molecule has 3 rings (SSSR count). The van der Waals surface area contributed by atoms with Crippen LogP contribution in [0.15, 0.2) is 77.7 Å². The van der Waals surface area contributed by atoms with Gasteiger partial charge in [-0.1, -0.05) is 60.9 Å². The molecule has 3 aromatic carbocycles. The summed E-state index contributed by atoms with van der Waals surface area (Å²) < 4.78 is 42.2. The molecule has 1 N–H and O–H groups in total. The predicted molar refractivity (Wildman–Crippen MR) is 151 cm³/mol. The van der Waals surface area contributed by atoms with Gasteiger partial charge < -0.3 is 10.2 Å². The summed E-state index contributed by atoms with van der Waals surface area (Å²) in [5.74, 6) is -1.41. The van der Waals surface area contributed by atoms with Crippen LogP contribution in [0.3, 0.4) is 0 Å². The zero-order valence-corrected chi connectivity index (χ0v) is 23.7. The molecule has 0 radical (unpaired) electrons. The average molecular weight is 554 g/mol. The van der Waals surface area contributed by atoms with Crippen molar-refractivity contribution in [2.24, 2.45) is 0 Å². The van der Waals surface area contributed by atoms with E-state index in [-0.39, 0.29) is 23.0 Å². The molecule has 0 aromatic heterocycles. The Balaban J connectivity index is 1.99. The van der Waals surface area contributed by atoms with Gasteiger partial charge in [0.2, 0.25) is 11.8 Å². The summed E-state index contributed by atoms with van der Waals surface area (Å²) in [6.45, 7) is 7.45. The SMILES string of the molecule is CCCCNC(=O)C(C)N(Cc1cccc(C)c1)C(=O)CN(c1ccc(F)cc1)S(=O)(=O)c1ccc(C)cc1. The molecule has 9 heteroatoms. The number of aryl methyl sites for hydroxylation is 2. The van der Waals surface area contributed by atoms with Crippen LogP contribution in [-0.2, 0) is 26.2 Å². The first-order valence-electron chi connectivity index (χ1n) is 13.0. The lowest BCUT2D eigenvalue weighted by Crippen LogP contribution is -2.51. The standard InChI is InChI=1S/C30H36FN3O4S/c1-5-6-18-32-30(36)24(4)33(20-25-9-7-8-23(3)19-25)29(35)21-34(27-14-12-26(31)13-15-27)39(37,38)28-16-10-22(2)11-17-28/h7-17,19,24H,5-6,18,20-21H2,1-4H3,(H,32,36). The highest BCUT2D eigenvalue weighted by molar-refractivity contribution is 7.92. The van der Waals surface area contributed by atoms with Crippen molar-refractivity contribution in [2.45, 2.75) is 58.0 Å². The maximum Gasteiger partial charge on any atom is 0.264 e. The van der Waals surface area contributed by atoms with Crippen molar-refractivity contribution in [3.05, 3.63) is 95.3 Å². The Morgan fingerprint density at radius 2 is 1.62 bits per heavy atom. The maximum absolute atomic E-state index is 13.9. The number of amides is 2. The van der Waals surface area contributed by atoms with Gasteiger partial charge in [0.1, 0.15) is 18.4 Å². The minimum absolute atomic E-state index is 0.000756. The van der Waals surface area contributed by atoms with E-state index in [1.54, 1.807) is 19.1 Å². The van der Waals surface area contributed by atoms with E-state index < -0.39 is 34.3 Å². The molecular weight excluding hydrogens is 517 g/mol. The average Bonchev–Trinajstić information content (AvgIpc) is 2.90. The molecular formula is C30H36FN3O4S. The van der Waals surface area contributed by atoms with Crippen LogP contribution < -0.4 is 9.62 Å². The lowest BCUT2D eigenvalue weighted by molar-refractivity contribution is -0.139. The summed E-state index contributed by atoms with van der Waals surface area (Å²) in [5.41, 5.74) is 2.83. The van der Waals surface area contributed by atoms with E-state index in [4.69, 9.17) is 0 Å². The molecule has 2 amide bonds. The van der Waals surface area contributed by atoms with Crippen LogP contribution in [-0.4, -0.2) is 44.3 Å². The topological polar surface area (TPSA) is 86.8 Å². The molecule has 7 nitrogen and oxygen atoms in total. The molecule has 0 bridgehead atoms. The molecule has 0 saturated heterocycles. The molecule has 0 heterocycles. The number of nitrogens with zero attached hydrogens (tertiary/aromatic N) is 2. The molecule has 0 spiro atoms. The number of benzene rings is 3. The third-order valence-corrected chi connectivity index (χ3v) is 8.22. The first-order valence-corrected chi connectivity index (χ1v) is 14.4. The van der Waals surface area contributed by atoms with E-state index in [1.165, 1.54) is 29.2 Å². The molecule has 39 heavy (non-hydrogen) atoms. The number of rotatable bonds is 12. The third kappa shape index (κ3) is 7.89. The van der Waals surface area contributed by atoms with E-state index in [1.807, 2.05) is 45.0 Å². The summed E-state index contributed by atoms with van der Waals surface area (Å²) in [6, 6.07) is 17.9. The second kappa shape index (κ2) is 13.4. The molecule has 0 aliphatic carbocycles. The molecule has 1 atom stereocenters. The second-order valence-electron chi connectivity index (χ2n) is 9.63. The molecule has 0 aliphatic heterocycles. The van der Waals surface area contributed by atoms with Gasteiger partial charge in [0.15, 0.2) is 0 Å². The van der Waals surface area contributed by atoms with E-state index in [9.17, 15) is 22.4 Å². The molecule has 0 aliphatic rings. The van der Waals surface area contributed by atoms with Crippen molar-refractivity contribution in [3.63, 3.8) is 0 Å². The first kappa shape index (κ1) is 29.8. The Labute approximate surface area is 230 Å². The van der Waals surface area contributed by atoms with E-state index in [0.29, 0.717) is 6.54 Å². The van der Waals surface area contributed by atoms with E-state index >= 15 is 0 Å². The molecule has 3 aromatic rings. The van der Waals surface area contributed by atoms with E-state index in [2.05, 4.69) is 5.32 Å². The first-order chi connectivity index (χ1) is 18.5. The highest BCUT2D eigenvalue weighted by Crippen LogP contribution is 2.25. The van der Waals surface area contributed by atoms with Gasteiger partial charge in [-0.25, -0.2) is 12.8 Å². The predicted octanol–water partition coefficient (Wildman–Crippen LogP) is 4.97. The van der Waals surface area contributed by atoms with Gasteiger partial charge in [0.25, 0.3) is 10.0 Å². The van der Waals surface area contributed by atoms with Gasteiger partial charge in [-0.05, 0) is 69.2 Å². The number of nitrogens with one attached hydrogen (secondary N) is 1. The Bertz CT molecular complexity index is 1380. The Hall–Kier alpha value is -3.72. The van der Waals surface area contributed by atoms with Gasteiger partial charge in [0.05, 0.1) is 10.6 Å². The summed E-state index contributed by atoms with van der Waals surface area (Å²) in [6.07, 6.45) is 1.71. The zero-order chi connectivity index (χ0) is 28.6. The Morgan fingerprint density at radius 3 is 2.23 bits per heavy atom. The van der Waals surface area contributed by atoms with E-state index in [0.717, 1.165) is 46.0 Å². The normalized spacial score (nSPS) is 12.0. The number of unbranched alkanes of at least 4 members (excludes halogenated alkanes) is 1. The number of sulfonamides is 1. The monoisotopic (exact) mass is 553 g/mol. The number of hydrogen-bond acceptors (Lipinski definition) is 4. The van der Waals surface area contributed by atoms with Gasteiger partial charge in [0, 0.05) is 13.1 Å². The van der Waals surface area contributed by atoms with Gasteiger partial charge >= 0.3 is 0 Å². The highest BCUT2D eigenvalue weighted by Gasteiger charge is 2.32. The zero-order valence-electron chi connectivity index (χ0n) is 22.9. The number of carbonyl (C=O) groups is 2. The van der Waals surface area contributed by atoms with Gasteiger partial charge in [-0.15, -0.1) is 0 Å².